The van der Waals surface area contributed by atoms with E-state index in [2.05, 4.69) is 26.8 Å². The van der Waals surface area contributed by atoms with Gasteiger partial charge in [0, 0.05) is 58.5 Å². The van der Waals surface area contributed by atoms with Crippen molar-refractivity contribution in [2.24, 2.45) is 0 Å². The maximum atomic E-state index is 9.06. The summed E-state index contributed by atoms with van der Waals surface area (Å²) >= 11 is 0. The minimum Gasteiger partial charge on any atom is -0.454 e. The highest BCUT2D eigenvalue weighted by molar-refractivity contribution is 5.44. The summed E-state index contributed by atoms with van der Waals surface area (Å²) in [4.78, 5) is 7.75. The van der Waals surface area contributed by atoms with E-state index in [4.69, 9.17) is 14.6 Å². The number of rotatable bonds is 6. The van der Waals surface area contributed by atoms with Crippen LogP contribution in [0.1, 0.15) is 24.8 Å². The maximum Gasteiger partial charge on any atom is 0.231 e. The molecule has 2 fully saturated rings. The minimum atomic E-state index is 0.305. The molecule has 3 aliphatic heterocycles. The standard InChI is InChI=1S/C20H31N3O3/c24-12-2-7-21-6-1-3-18(15-21)23-10-8-22(9-11-23)14-17-4-5-19-20(13-17)26-16-25-19/h4-5,13,18,24H,1-3,6-12,14-16H2/t18-/m1/s1. The van der Waals surface area contributed by atoms with Crippen molar-refractivity contribution in [2.45, 2.75) is 31.8 Å². The van der Waals surface area contributed by atoms with Crippen molar-refractivity contribution in [1.82, 2.24) is 14.7 Å². The lowest BCUT2D eigenvalue weighted by molar-refractivity contribution is 0.0482. The van der Waals surface area contributed by atoms with Crippen molar-refractivity contribution < 1.29 is 14.6 Å². The number of ether oxygens (including phenoxy) is 2. The van der Waals surface area contributed by atoms with Crippen LogP contribution in [0.3, 0.4) is 0 Å². The van der Waals surface area contributed by atoms with Gasteiger partial charge in [0.1, 0.15) is 0 Å². The summed E-state index contributed by atoms with van der Waals surface area (Å²) in [6.07, 6.45) is 3.50. The Morgan fingerprint density at radius 1 is 1.00 bits per heavy atom. The number of aliphatic hydroxyl groups excluding tert-OH is 1. The van der Waals surface area contributed by atoms with Gasteiger partial charge in [0.15, 0.2) is 11.5 Å². The van der Waals surface area contributed by atoms with Crippen LogP contribution in [0.5, 0.6) is 11.5 Å². The van der Waals surface area contributed by atoms with Gasteiger partial charge in [-0.3, -0.25) is 9.80 Å². The van der Waals surface area contributed by atoms with Crippen LogP contribution in [0.15, 0.2) is 18.2 Å². The summed E-state index contributed by atoms with van der Waals surface area (Å²) in [5, 5.41) is 9.06. The van der Waals surface area contributed by atoms with E-state index in [1.807, 2.05) is 6.07 Å². The number of nitrogens with zero attached hydrogens (tertiary/aromatic N) is 3. The quantitative estimate of drug-likeness (QED) is 0.826. The number of piperazine rings is 1. The van der Waals surface area contributed by atoms with Crippen LogP contribution in [-0.4, -0.2) is 85.1 Å². The number of benzene rings is 1. The SMILES string of the molecule is OCCCN1CCC[C@@H](N2CCN(Cc3ccc4c(c3)OCO4)CC2)C1. The lowest BCUT2D eigenvalue weighted by atomic mass is 10.0. The lowest BCUT2D eigenvalue weighted by Gasteiger charge is -2.43. The normalized spacial score (nSPS) is 24.9. The molecule has 0 saturated carbocycles. The van der Waals surface area contributed by atoms with E-state index in [9.17, 15) is 0 Å². The summed E-state index contributed by atoms with van der Waals surface area (Å²) in [6.45, 7) is 9.60. The summed E-state index contributed by atoms with van der Waals surface area (Å²) in [6, 6.07) is 6.99. The lowest BCUT2D eigenvalue weighted by Crippen LogP contribution is -2.54. The fourth-order valence-electron chi connectivity index (χ4n) is 4.41. The molecule has 0 unspecified atom stereocenters. The van der Waals surface area contributed by atoms with E-state index in [1.165, 1.54) is 31.5 Å². The highest BCUT2D eigenvalue weighted by Crippen LogP contribution is 2.33. The third-order valence-electron chi connectivity index (χ3n) is 5.88. The van der Waals surface area contributed by atoms with E-state index in [1.54, 1.807) is 0 Å². The van der Waals surface area contributed by atoms with Crippen LogP contribution in [0.4, 0.5) is 0 Å². The molecule has 3 aliphatic rings. The molecule has 0 aromatic heterocycles. The molecule has 1 atom stereocenters. The molecule has 4 rings (SSSR count). The van der Waals surface area contributed by atoms with E-state index in [-0.39, 0.29) is 0 Å². The number of hydrogen-bond donors (Lipinski definition) is 1. The molecule has 1 aromatic carbocycles. The third-order valence-corrected chi connectivity index (χ3v) is 5.88. The fraction of sp³-hybridized carbons (Fsp3) is 0.700. The van der Waals surface area contributed by atoms with Crippen molar-refractivity contribution in [1.29, 1.82) is 0 Å². The van der Waals surface area contributed by atoms with Gasteiger partial charge in [0.2, 0.25) is 6.79 Å². The first-order chi connectivity index (χ1) is 12.8. The van der Waals surface area contributed by atoms with Crippen LogP contribution in [-0.2, 0) is 6.54 Å². The van der Waals surface area contributed by atoms with Gasteiger partial charge < -0.3 is 19.5 Å². The van der Waals surface area contributed by atoms with Crippen molar-refractivity contribution in [3.63, 3.8) is 0 Å². The molecule has 3 heterocycles. The average molecular weight is 361 g/mol. The Balaban J connectivity index is 1.25. The molecular weight excluding hydrogens is 330 g/mol. The second-order valence-electron chi connectivity index (χ2n) is 7.67. The zero-order valence-corrected chi connectivity index (χ0v) is 15.6. The van der Waals surface area contributed by atoms with E-state index in [0.29, 0.717) is 19.4 Å². The van der Waals surface area contributed by atoms with Gasteiger partial charge >= 0.3 is 0 Å². The number of piperidine rings is 1. The Morgan fingerprint density at radius 3 is 2.69 bits per heavy atom. The van der Waals surface area contributed by atoms with Gasteiger partial charge in [-0.25, -0.2) is 0 Å². The molecule has 0 radical (unpaired) electrons. The molecular formula is C20H31N3O3. The van der Waals surface area contributed by atoms with Gasteiger partial charge in [-0.15, -0.1) is 0 Å². The molecule has 0 aliphatic carbocycles. The topological polar surface area (TPSA) is 48.4 Å². The first-order valence-electron chi connectivity index (χ1n) is 10.00. The van der Waals surface area contributed by atoms with Gasteiger partial charge in [-0.2, -0.15) is 0 Å². The summed E-state index contributed by atoms with van der Waals surface area (Å²) < 4.78 is 10.9. The van der Waals surface area contributed by atoms with E-state index >= 15 is 0 Å². The second-order valence-corrected chi connectivity index (χ2v) is 7.67. The van der Waals surface area contributed by atoms with Crippen LogP contribution < -0.4 is 9.47 Å². The molecule has 1 N–H and O–H groups in total. The molecule has 26 heavy (non-hydrogen) atoms. The Hall–Kier alpha value is -1.34. The molecule has 0 spiro atoms. The Morgan fingerprint density at radius 2 is 1.85 bits per heavy atom. The summed E-state index contributed by atoms with van der Waals surface area (Å²) in [7, 11) is 0. The first kappa shape index (κ1) is 18.0. The average Bonchev–Trinajstić information content (AvgIpc) is 3.15. The predicted molar refractivity (Wildman–Crippen MR) is 101 cm³/mol. The number of hydrogen-bond acceptors (Lipinski definition) is 6. The van der Waals surface area contributed by atoms with Gasteiger partial charge in [-0.05, 0) is 43.5 Å². The smallest absolute Gasteiger partial charge is 0.231 e. The highest BCUT2D eigenvalue weighted by Gasteiger charge is 2.28. The summed E-state index contributed by atoms with van der Waals surface area (Å²) in [5.74, 6) is 1.74. The van der Waals surface area contributed by atoms with Crippen molar-refractivity contribution in [3.05, 3.63) is 23.8 Å². The third kappa shape index (κ3) is 4.31. The number of likely N-dealkylation sites (tertiary alicyclic amines) is 1. The molecule has 144 valence electrons. The van der Waals surface area contributed by atoms with Crippen molar-refractivity contribution in [3.8, 4) is 11.5 Å². The Kier molecular flexibility index (Phi) is 5.94. The molecule has 1 aromatic rings. The van der Waals surface area contributed by atoms with Crippen molar-refractivity contribution >= 4 is 0 Å². The zero-order chi connectivity index (χ0) is 17.8. The van der Waals surface area contributed by atoms with Crippen LogP contribution in [0, 0.1) is 0 Å². The van der Waals surface area contributed by atoms with Gasteiger partial charge in [0.05, 0.1) is 0 Å². The van der Waals surface area contributed by atoms with Crippen LogP contribution >= 0.6 is 0 Å². The van der Waals surface area contributed by atoms with Crippen LogP contribution in [0.2, 0.25) is 0 Å². The number of fused-ring (bicyclic) bond motifs is 1. The van der Waals surface area contributed by atoms with Crippen molar-refractivity contribution in [2.75, 3.05) is 59.2 Å². The molecule has 2 saturated heterocycles. The van der Waals surface area contributed by atoms with Crippen LogP contribution in [0.25, 0.3) is 0 Å². The number of aliphatic hydroxyl groups is 1. The first-order valence-corrected chi connectivity index (χ1v) is 10.00. The Labute approximate surface area is 156 Å². The molecule has 6 nitrogen and oxygen atoms in total. The summed E-state index contributed by atoms with van der Waals surface area (Å²) in [5.41, 5.74) is 1.30. The molecule has 6 heteroatoms. The highest BCUT2D eigenvalue weighted by atomic mass is 16.7. The predicted octanol–water partition coefficient (Wildman–Crippen LogP) is 1.38. The second kappa shape index (κ2) is 8.57. The molecule has 0 bridgehead atoms. The van der Waals surface area contributed by atoms with Gasteiger partial charge in [0.25, 0.3) is 0 Å². The maximum absolute atomic E-state index is 9.06. The minimum absolute atomic E-state index is 0.305. The largest absolute Gasteiger partial charge is 0.454 e. The Bertz CT molecular complexity index is 590. The zero-order valence-electron chi connectivity index (χ0n) is 15.6. The molecule has 0 amide bonds. The fourth-order valence-corrected chi connectivity index (χ4v) is 4.41. The van der Waals surface area contributed by atoms with E-state index in [0.717, 1.165) is 57.2 Å². The van der Waals surface area contributed by atoms with Gasteiger partial charge in [-0.1, -0.05) is 6.07 Å². The van der Waals surface area contributed by atoms with E-state index < -0.39 is 0 Å². The monoisotopic (exact) mass is 361 g/mol.